The van der Waals surface area contributed by atoms with Gasteiger partial charge in [0.25, 0.3) is 0 Å². The van der Waals surface area contributed by atoms with E-state index in [1.54, 1.807) is 0 Å². The molecule has 2 rings (SSSR count). The molecule has 2 heteroatoms. The first-order chi connectivity index (χ1) is 7.78. The van der Waals surface area contributed by atoms with Crippen molar-refractivity contribution in [2.45, 2.75) is 32.7 Å². The van der Waals surface area contributed by atoms with E-state index in [1.807, 2.05) is 12.1 Å². The first-order valence-corrected chi connectivity index (χ1v) is 6.34. The smallest absolute Gasteiger partial charge is 0.0314 e. The summed E-state index contributed by atoms with van der Waals surface area (Å²) in [6.07, 6.45) is 4.29. The summed E-state index contributed by atoms with van der Waals surface area (Å²) < 4.78 is 0. The summed E-state index contributed by atoms with van der Waals surface area (Å²) >= 11 is 0. The third-order valence-corrected chi connectivity index (χ3v) is 3.38. The molecule has 2 N–H and O–H groups in total. The van der Waals surface area contributed by atoms with Crippen LogP contribution in [0.1, 0.15) is 31.7 Å². The van der Waals surface area contributed by atoms with Crippen LogP contribution in [0.15, 0.2) is 24.3 Å². The predicted molar refractivity (Wildman–Crippen MR) is 69.1 cm³/mol. The number of rotatable bonds is 6. The van der Waals surface area contributed by atoms with Crippen LogP contribution in [0.2, 0.25) is 0 Å². The fraction of sp³-hybridized carbons (Fsp3) is 0.571. The largest absolute Gasteiger partial charge is 0.399 e. The van der Waals surface area contributed by atoms with Crippen LogP contribution in [0.3, 0.4) is 0 Å². The first kappa shape index (κ1) is 11.5. The molecule has 1 fully saturated rings. The Kier molecular flexibility index (Phi) is 3.83. The summed E-state index contributed by atoms with van der Waals surface area (Å²) in [6, 6.07) is 8.25. The van der Waals surface area contributed by atoms with Gasteiger partial charge in [0.2, 0.25) is 0 Å². The maximum absolute atomic E-state index is 5.68. The van der Waals surface area contributed by atoms with Gasteiger partial charge in [-0.05, 0) is 43.1 Å². The normalized spacial score (nSPS) is 15.6. The van der Waals surface area contributed by atoms with Gasteiger partial charge >= 0.3 is 0 Å². The topological polar surface area (TPSA) is 29.3 Å². The van der Waals surface area contributed by atoms with Gasteiger partial charge in [-0.15, -0.1) is 0 Å². The highest BCUT2D eigenvalue weighted by atomic mass is 15.1. The van der Waals surface area contributed by atoms with Crippen molar-refractivity contribution >= 4 is 5.69 Å². The Labute approximate surface area is 98.4 Å². The first-order valence-electron chi connectivity index (χ1n) is 6.34. The highest BCUT2D eigenvalue weighted by Crippen LogP contribution is 2.32. The molecule has 88 valence electrons. The van der Waals surface area contributed by atoms with Crippen LogP contribution in [-0.2, 0) is 6.54 Å². The Morgan fingerprint density at radius 1 is 1.25 bits per heavy atom. The molecule has 0 amide bonds. The lowest BCUT2D eigenvalue weighted by Gasteiger charge is -2.20. The molecule has 0 atom stereocenters. The molecular formula is C14H22N2. The second-order valence-corrected chi connectivity index (χ2v) is 4.84. The quantitative estimate of drug-likeness (QED) is 0.744. The summed E-state index contributed by atoms with van der Waals surface area (Å²) in [5.74, 6) is 1.03. The summed E-state index contributed by atoms with van der Waals surface area (Å²) in [7, 11) is 0. The number of nitrogen functional groups attached to an aromatic ring is 1. The zero-order valence-corrected chi connectivity index (χ0v) is 10.2. The molecule has 16 heavy (non-hydrogen) atoms. The fourth-order valence-corrected chi connectivity index (χ4v) is 2.00. The van der Waals surface area contributed by atoms with E-state index in [9.17, 15) is 0 Å². The highest BCUT2D eigenvalue weighted by molar-refractivity contribution is 5.39. The number of benzene rings is 1. The maximum atomic E-state index is 5.68. The van der Waals surface area contributed by atoms with Crippen molar-refractivity contribution in [2.75, 3.05) is 18.8 Å². The van der Waals surface area contributed by atoms with E-state index in [4.69, 9.17) is 5.73 Å². The van der Waals surface area contributed by atoms with E-state index in [2.05, 4.69) is 24.0 Å². The molecule has 0 heterocycles. The Morgan fingerprint density at radius 3 is 2.50 bits per heavy atom. The number of anilines is 1. The van der Waals surface area contributed by atoms with E-state index in [1.165, 1.54) is 31.4 Å². The van der Waals surface area contributed by atoms with Crippen LogP contribution in [0.25, 0.3) is 0 Å². The molecule has 1 aromatic carbocycles. The zero-order valence-electron chi connectivity index (χ0n) is 10.2. The van der Waals surface area contributed by atoms with E-state index < -0.39 is 0 Å². The molecule has 1 saturated carbocycles. The lowest BCUT2D eigenvalue weighted by molar-refractivity contribution is 0.271. The second-order valence-electron chi connectivity index (χ2n) is 4.84. The van der Waals surface area contributed by atoms with E-state index >= 15 is 0 Å². The molecule has 1 aromatic rings. The average molecular weight is 218 g/mol. The van der Waals surface area contributed by atoms with Crippen LogP contribution in [0.4, 0.5) is 5.69 Å². The SMILES string of the molecule is CCN(CCC1CC1)Cc1ccc(N)cc1. The molecule has 0 unspecified atom stereocenters. The molecule has 1 aliphatic carbocycles. The summed E-state index contributed by atoms with van der Waals surface area (Å²) in [5, 5.41) is 0. The minimum absolute atomic E-state index is 0.852. The molecule has 0 aliphatic heterocycles. The zero-order chi connectivity index (χ0) is 11.4. The van der Waals surface area contributed by atoms with E-state index in [0.29, 0.717) is 0 Å². The van der Waals surface area contributed by atoms with Gasteiger partial charge in [-0.2, -0.15) is 0 Å². The molecule has 2 nitrogen and oxygen atoms in total. The molecule has 0 spiro atoms. The Hall–Kier alpha value is -1.02. The number of nitrogens with zero attached hydrogens (tertiary/aromatic N) is 1. The maximum Gasteiger partial charge on any atom is 0.0314 e. The van der Waals surface area contributed by atoms with Gasteiger partial charge in [-0.1, -0.05) is 31.9 Å². The van der Waals surface area contributed by atoms with Crippen molar-refractivity contribution in [3.63, 3.8) is 0 Å². The predicted octanol–water partition coefficient (Wildman–Crippen LogP) is 2.89. The summed E-state index contributed by atoms with van der Waals surface area (Å²) in [4.78, 5) is 2.52. The van der Waals surface area contributed by atoms with Crippen LogP contribution in [-0.4, -0.2) is 18.0 Å². The van der Waals surface area contributed by atoms with Gasteiger partial charge in [0, 0.05) is 12.2 Å². The van der Waals surface area contributed by atoms with Crippen molar-refractivity contribution in [3.05, 3.63) is 29.8 Å². The van der Waals surface area contributed by atoms with Gasteiger partial charge < -0.3 is 5.73 Å². The number of nitrogens with two attached hydrogens (primary N) is 1. The van der Waals surface area contributed by atoms with Gasteiger partial charge in [-0.3, -0.25) is 4.90 Å². The second kappa shape index (κ2) is 5.35. The third kappa shape index (κ3) is 3.53. The Bertz CT molecular complexity index is 314. The van der Waals surface area contributed by atoms with Crippen molar-refractivity contribution in [1.29, 1.82) is 0 Å². The molecule has 0 saturated heterocycles. The summed E-state index contributed by atoms with van der Waals surface area (Å²) in [6.45, 7) is 5.68. The number of hydrogen-bond donors (Lipinski definition) is 1. The Balaban J connectivity index is 1.82. The van der Waals surface area contributed by atoms with Gasteiger partial charge in [-0.25, -0.2) is 0 Å². The lowest BCUT2D eigenvalue weighted by Crippen LogP contribution is -2.24. The average Bonchev–Trinajstić information content (AvgIpc) is 3.11. The van der Waals surface area contributed by atoms with Gasteiger partial charge in [0.1, 0.15) is 0 Å². The lowest BCUT2D eigenvalue weighted by atomic mass is 10.2. The molecular weight excluding hydrogens is 196 g/mol. The van der Waals surface area contributed by atoms with Crippen molar-refractivity contribution in [2.24, 2.45) is 5.92 Å². The van der Waals surface area contributed by atoms with Crippen LogP contribution in [0.5, 0.6) is 0 Å². The third-order valence-electron chi connectivity index (χ3n) is 3.38. The molecule has 0 radical (unpaired) electrons. The number of hydrogen-bond acceptors (Lipinski definition) is 2. The molecule has 1 aliphatic rings. The molecule has 0 aromatic heterocycles. The van der Waals surface area contributed by atoms with E-state index in [-0.39, 0.29) is 0 Å². The van der Waals surface area contributed by atoms with E-state index in [0.717, 1.165) is 24.7 Å². The summed E-state index contributed by atoms with van der Waals surface area (Å²) in [5.41, 5.74) is 7.90. The fourth-order valence-electron chi connectivity index (χ4n) is 2.00. The standard InChI is InChI=1S/C14H22N2/c1-2-16(10-9-12-3-4-12)11-13-5-7-14(15)8-6-13/h5-8,12H,2-4,9-11,15H2,1H3. The van der Waals surface area contributed by atoms with Crippen LogP contribution >= 0.6 is 0 Å². The van der Waals surface area contributed by atoms with Gasteiger partial charge in [0.15, 0.2) is 0 Å². The minimum atomic E-state index is 0.852. The van der Waals surface area contributed by atoms with Crippen molar-refractivity contribution < 1.29 is 0 Å². The highest BCUT2D eigenvalue weighted by Gasteiger charge is 2.21. The monoisotopic (exact) mass is 218 g/mol. The van der Waals surface area contributed by atoms with Crippen LogP contribution < -0.4 is 5.73 Å². The Morgan fingerprint density at radius 2 is 1.94 bits per heavy atom. The van der Waals surface area contributed by atoms with Gasteiger partial charge in [0.05, 0.1) is 0 Å². The van der Waals surface area contributed by atoms with Crippen molar-refractivity contribution in [3.8, 4) is 0 Å². The van der Waals surface area contributed by atoms with Crippen LogP contribution in [0, 0.1) is 5.92 Å². The minimum Gasteiger partial charge on any atom is -0.399 e. The van der Waals surface area contributed by atoms with Crippen molar-refractivity contribution in [1.82, 2.24) is 4.90 Å². The molecule has 0 bridgehead atoms.